The second-order valence-electron chi connectivity index (χ2n) is 5.22. The zero-order valence-electron chi connectivity index (χ0n) is 12.9. The van der Waals surface area contributed by atoms with Crippen molar-refractivity contribution in [2.75, 3.05) is 11.1 Å². The number of carbonyl (C=O) groups is 2. The number of hydrogen-bond donors (Lipinski definition) is 4. The molecular weight excluding hydrogens is 329 g/mol. The summed E-state index contributed by atoms with van der Waals surface area (Å²) in [5.74, 6) is -0.885. The van der Waals surface area contributed by atoms with Crippen molar-refractivity contribution in [3.8, 4) is 0 Å². The molecule has 3 amide bonds. The Morgan fingerprint density at radius 1 is 1.24 bits per heavy atom. The highest BCUT2D eigenvalue weighted by Gasteiger charge is 2.16. The van der Waals surface area contributed by atoms with Crippen LogP contribution in [0.15, 0.2) is 40.9 Å². The molecule has 0 aliphatic heterocycles. The van der Waals surface area contributed by atoms with Crippen LogP contribution >= 0.6 is 0 Å². The van der Waals surface area contributed by atoms with E-state index in [0.29, 0.717) is 16.7 Å². The summed E-state index contributed by atoms with van der Waals surface area (Å²) in [5, 5.41) is 8.97. The Labute approximate surface area is 140 Å². The molecule has 0 bridgehead atoms. The Bertz CT molecular complexity index is 970. The number of primary amides is 1. The number of nitrogens with one attached hydrogen (secondary N) is 2. The molecule has 0 radical (unpaired) electrons. The van der Waals surface area contributed by atoms with Crippen molar-refractivity contribution in [3.63, 3.8) is 0 Å². The molecule has 3 aromatic rings. The number of nitrogens with zero attached hydrogens (tertiary/aromatic N) is 1. The van der Waals surface area contributed by atoms with Gasteiger partial charge >= 0.3 is 6.03 Å². The number of carbonyl (C=O) groups excluding carboxylic acids is 2. The lowest BCUT2D eigenvalue weighted by Gasteiger charge is -2.09. The van der Waals surface area contributed by atoms with Crippen LogP contribution in [0.5, 0.6) is 0 Å². The maximum atomic E-state index is 13.8. The lowest BCUT2D eigenvalue weighted by atomic mass is 10.1. The van der Waals surface area contributed by atoms with E-state index in [9.17, 15) is 14.0 Å². The van der Waals surface area contributed by atoms with Crippen molar-refractivity contribution in [3.05, 3.63) is 53.3 Å². The normalized spacial score (nSPS) is 10.6. The fourth-order valence-electron chi connectivity index (χ4n) is 2.37. The number of halogens is 1. The Morgan fingerprint density at radius 3 is 2.80 bits per heavy atom. The molecule has 128 valence electrons. The van der Waals surface area contributed by atoms with E-state index < -0.39 is 17.8 Å². The minimum absolute atomic E-state index is 0.0982. The van der Waals surface area contributed by atoms with Crippen molar-refractivity contribution < 1.29 is 18.5 Å². The van der Waals surface area contributed by atoms with Gasteiger partial charge in [-0.15, -0.1) is 0 Å². The van der Waals surface area contributed by atoms with Crippen LogP contribution in [0.25, 0.3) is 11.0 Å². The predicted molar refractivity (Wildman–Crippen MR) is 89.2 cm³/mol. The van der Waals surface area contributed by atoms with E-state index in [-0.39, 0.29) is 23.5 Å². The Morgan fingerprint density at radius 2 is 2.04 bits per heavy atom. The number of fused-ring (bicyclic) bond motifs is 1. The highest BCUT2D eigenvalue weighted by atomic mass is 19.1. The van der Waals surface area contributed by atoms with Gasteiger partial charge in [-0.25, -0.2) is 9.18 Å². The minimum Gasteiger partial charge on any atom is -0.380 e. The van der Waals surface area contributed by atoms with Gasteiger partial charge in [-0.3, -0.25) is 4.79 Å². The average Bonchev–Trinajstić information content (AvgIpc) is 2.96. The summed E-state index contributed by atoms with van der Waals surface area (Å²) in [6.07, 6.45) is 0. The molecule has 1 aromatic heterocycles. The van der Waals surface area contributed by atoms with Crippen LogP contribution in [0, 0.1) is 5.82 Å². The van der Waals surface area contributed by atoms with E-state index in [0.717, 1.165) is 0 Å². The molecule has 0 aliphatic rings. The number of rotatable bonds is 4. The van der Waals surface area contributed by atoms with Crippen molar-refractivity contribution in [2.24, 2.45) is 5.73 Å². The maximum Gasteiger partial charge on any atom is 0.312 e. The Balaban J connectivity index is 1.86. The van der Waals surface area contributed by atoms with Gasteiger partial charge in [0, 0.05) is 17.8 Å². The van der Waals surface area contributed by atoms with E-state index in [1.807, 2.05) is 0 Å². The third kappa shape index (κ3) is 3.34. The van der Waals surface area contributed by atoms with Crippen molar-refractivity contribution >= 4 is 34.4 Å². The Kier molecular flexibility index (Phi) is 4.21. The first-order valence-corrected chi connectivity index (χ1v) is 7.22. The molecule has 0 aliphatic carbocycles. The fourth-order valence-corrected chi connectivity index (χ4v) is 2.37. The zero-order valence-corrected chi connectivity index (χ0v) is 12.9. The highest BCUT2D eigenvalue weighted by Crippen LogP contribution is 2.25. The predicted octanol–water partition coefficient (Wildman–Crippen LogP) is 1.97. The van der Waals surface area contributed by atoms with Gasteiger partial charge in [0.15, 0.2) is 11.4 Å². The van der Waals surface area contributed by atoms with E-state index in [1.165, 1.54) is 18.2 Å². The largest absolute Gasteiger partial charge is 0.380 e. The summed E-state index contributed by atoms with van der Waals surface area (Å²) >= 11 is 0. The van der Waals surface area contributed by atoms with Crippen LogP contribution in [0.3, 0.4) is 0 Å². The molecule has 9 heteroatoms. The first-order valence-electron chi connectivity index (χ1n) is 7.22. The van der Waals surface area contributed by atoms with E-state index >= 15 is 0 Å². The number of nitrogen functional groups attached to an aromatic ring is 1. The van der Waals surface area contributed by atoms with Crippen LogP contribution in [-0.4, -0.2) is 17.1 Å². The molecule has 1 heterocycles. The lowest BCUT2D eigenvalue weighted by Crippen LogP contribution is -2.29. The molecule has 2 aromatic carbocycles. The van der Waals surface area contributed by atoms with Crippen molar-refractivity contribution in [1.29, 1.82) is 0 Å². The molecule has 0 saturated heterocycles. The van der Waals surface area contributed by atoms with E-state index in [1.54, 1.807) is 18.2 Å². The Hall–Kier alpha value is -3.62. The fraction of sp³-hybridized carbons (Fsp3) is 0.0625. The first kappa shape index (κ1) is 16.2. The number of nitrogens with two attached hydrogens (primary N) is 2. The standard InChI is InChI=1S/C16H14FN5O3/c17-11-5-4-9(6-8(11)7-20-16(19)24)21-15(23)10-2-1-3-12-13(10)14(18)22-25-12/h1-6H,7H2,(H2,18,22)(H,21,23)(H3,19,20,24). The van der Waals surface area contributed by atoms with Crippen LogP contribution in [-0.2, 0) is 6.54 Å². The molecule has 25 heavy (non-hydrogen) atoms. The number of amides is 3. The second kappa shape index (κ2) is 6.48. The van der Waals surface area contributed by atoms with Gasteiger partial charge in [-0.1, -0.05) is 11.2 Å². The first-order chi connectivity index (χ1) is 12.0. The number of aromatic nitrogens is 1. The number of anilines is 2. The number of hydrogen-bond acceptors (Lipinski definition) is 5. The quantitative estimate of drug-likeness (QED) is 0.574. The lowest BCUT2D eigenvalue weighted by molar-refractivity contribution is 0.102. The maximum absolute atomic E-state index is 13.8. The minimum atomic E-state index is -0.775. The van der Waals surface area contributed by atoms with Gasteiger partial charge in [0.1, 0.15) is 5.82 Å². The van der Waals surface area contributed by atoms with Crippen LogP contribution in [0.2, 0.25) is 0 Å². The number of urea groups is 1. The summed E-state index contributed by atoms with van der Waals surface area (Å²) in [7, 11) is 0. The van der Waals surface area contributed by atoms with Crippen LogP contribution in [0.4, 0.5) is 20.7 Å². The SMILES string of the molecule is NC(=O)NCc1cc(NC(=O)c2cccc3onc(N)c23)ccc1F. The molecule has 0 fully saturated rings. The van der Waals surface area contributed by atoms with Crippen molar-refractivity contribution in [1.82, 2.24) is 10.5 Å². The van der Waals surface area contributed by atoms with Gasteiger partial charge in [0.2, 0.25) is 0 Å². The zero-order chi connectivity index (χ0) is 18.0. The summed E-state index contributed by atoms with van der Waals surface area (Å²) < 4.78 is 18.8. The monoisotopic (exact) mass is 343 g/mol. The van der Waals surface area contributed by atoms with Gasteiger partial charge in [-0.05, 0) is 30.3 Å². The summed E-state index contributed by atoms with van der Waals surface area (Å²) in [4.78, 5) is 23.3. The molecule has 0 atom stereocenters. The molecule has 0 unspecified atom stereocenters. The van der Waals surface area contributed by atoms with Gasteiger partial charge in [0.25, 0.3) is 5.91 Å². The molecular formula is C16H14FN5O3. The highest BCUT2D eigenvalue weighted by molar-refractivity contribution is 6.14. The molecule has 0 spiro atoms. The van der Waals surface area contributed by atoms with E-state index in [2.05, 4.69) is 15.8 Å². The van der Waals surface area contributed by atoms with Crippen LogP contribution in [0.1, 0.15) is 15.9 Å². The molecule has 0 saturated carbocycles. The van der Waals surface area contributed by atoms with Gasteiger partial charge in [-0.2, -0.15) is 0 Å². The second-order valence-corrected chi connectivity index (χ2v) is 5.22. The van der Waals surface area contributed by atoms with E-state index in [4.69, 9.17) is 16.0 Å². The third-order valence-electron chi connectivity index (χ3n) is 3.53. The number of benzene rings is 2. The summed E-state index contributed by atoms with van der Waals surface area (Å²) in [6.45, 7) is -0.0982. The summed E-state index contributed by atoms with van der Waals surface area (Å²) in [6, 6.07) is 8.06. The molecule has 3 rings (SSSR count). The third-order valence-corrected chi connectivity index (χ3v) is 3.53. The topological polar surface area (TPSA) is 136 Å². The molecule has 8 nitrogen and oxygen atoms in total. The summed E-state index contributed by atoms with van der Waals surface area (Å²) in [5.41, 5.74) is 11.9. The van der Waals surface area contributed by atoms with Gasteiger partial charge in [0.05, 0.1) is 10.9 Å². The average molecular weight is 343 g/mol. The van der Waals surface area contributed by atoms with Crippen molar-refractivity contribution in [2.45, 2.75) is 6.54 Å². The smallest absolute Gasteiger partial charge is 0.312 e. The molecule has 6 N–H and O–H groups in total. The van der Waals surface area contributed by atoms with Gasteiger partial charge < -0.3 is 26.6 Å². The van der Waals surface area contributed by atoms with Crippen LogP contribution < -0.4 is 22.1 Å².